The lowest BCUT2D eigenvalue weighted by molar-refractivity contribution is -0.117. The van der Waals surface area contributed by atoms with Crippen LogP contribution in [-0.4, -0.2) is 55.0 Å². The number of carbonyl (C=O) groups is 1. The normalized spacial score (nSPS) is 20.7. The zero-order chi connectivity index (χ0) is 18.4. The molecule has 2 aliphatic heterocycles. The summed E-state index contributed by atoms with van der Waals surface area (Å²) < 4.78 is 0. The Labute approximate surface area is 166 Å². The first kappa shape index (κ1) is 19.9. The van der Waals surface area contributed by atoms with Gasteiger partial charge in [-0.15, -0.1) is 0 Å². The van der Waals surface area contributed by atoms with Crippen molar-refractivity contribution in [1.29, 1.82) is 0 Å². The average molecular weight is 398 g/mol. The minimum Gasteiger partial charge on any atom is -0.322 e. The summed E-state index contributed by atoms with van der Waals surface area (Å²) in [5, 5.41) is 3.81. The Bertz CT molecular complexity index is 574. The number of hydrogen-bond donors (Lipinski definition) is 1. The van der Waals surface area contributed by atoms with Gasteiger partial charge in [0.25, 0.3) is 0 Å². The lowest BCUT2D eigenvalue weighted by Gasteiger charge is -2.34. The number of hydrogen-bond acceptors (Lipinski definition) is 3. The maximum absolute atomic E-state index is 12.3. The molecule has 6 heteroatoms. The quantitative estimate of drug-likeness (QED) is 0.792. The van der Waals surface area contributed by atoms with Crippen molar-refractivity contribution >= 4 is 34.8 Å². The summed E-state index contributed by atoms with van der Waals surface area (Å²) in [5.74, 6) is 0.719. The Morgan fingerprint density at radius 2 is 1.58 bits per heavy atom. The number of piperidine rings is 1. The molecule has 0 bridgehead atoms. The summed E-state index contributed by atoms with van der Waals surface area (Å²) >= 11 is 12.2. The topological polar surface area (TPSA) is 35.6 Å². The van der Waals surface area contributed by atoms with Crippen molar-refractivity contribution in [3.05, 3.63) is 28.2 Å². The summed E-state index contributed by atoms with van der Waals surface area (Å²) in [5.41, 5.74) is 0.511. The van der Waals surface area contributed by atoms with Gasteiger partial charge in [-0.2, -0.15) is 0 Å². The van der Waals surface area contributed by atoms with Gasteiger partial charge in [-0.25, -0.2) is 0 Å². The molecular formula is C20H29Cl2N3O. The first-order chi connectivity index (χ1) is 12.6. The van der Waals surface area contributed by atoms with E-state index in [1.54, 1.807) is 18.2 Å². The second kappa shape index (κ2) is 9.93. The van der Waals surface area contributed by atoms with Gasteiger partial charge in [0, 0.05) is 6.54 Å². The number of para-hydroxylation sites is 1. The van der Waals surface area contributed by atoms with Gasteiger partial charge in [-0.1, -0.05) is 42.1 Å². The summed E-state index contributed by atoms with van der Waals surface area (Å²) in [4.78, 5) is 17.2. The maximum Gasteiger partial charge on any atom is 0.238 e. The molecule has 0 unspecified atom stereocenters. The number of amides is 1. The van der Waals surface area contributed by atoms with Crippen molar-refractivity contribution in [3.63, 3.8) is 0 Å². The van der Waals surface area contributed by atoms with Gasteiger partial charge in [0.15, 0.2) is 0 Å². The average Bonchev–Trinajstić information content (AvgIpc) is 2.89. The molecule has 1 N–H and O–H groups in total. The van der Waals surface area contributed by atoms with Gasteiger partial charge < -0.3 is 10.2 Å². The van der Waals surface area contributed by atoms with Crippen molar-refractivity contribution in [2.75, 3.05) is 44.6 Å². The van der Waals surface area contributed by atoms with Crippen molar-refractivity contribution in [1.82, 2.24) is 9.80 Å². The molecular weight excluding hydrogens is 369 g/mol. The molecule has 3 rings (SSSR count). The number of anilines is 1. The molecule has 0 saturated carbocycles. The van der Waals surface area contributed by atoms with E-state index < -0.39 is 0 Å². The van der Waals surface area contributed by atoms with Gasteiger partial charge in [-0.05, 0) is 69.9 Å². The lowest BCUT2D eigenvalue weighted by atomic mass is 9.96. The van der Waals surface area contributed by atoms with Gasteiger partial charge in [-0.3, -0.25) is 9.69 Å². The molecule has 0 radical (unpaired) electrons. The Kier molecular flexibility index (Phi) is 7.62. The third kappa shape index (κ3) is 5.85. The van der Waals surface area contributed by atoms with Crippen molar-refractivity contribution in [2.45, 2.75) is 38.5 Å². The number of carbonyl (C=O) groups excluding carboxylic acids is 1. The standard InChI is InChI=1S/C20H29Cl2N3O/c21-17-6-5-7-18(22)20(17)23-19(26)15-25-12-8-16(9-13-25)14-24-10-3-1-2-4-11-24/h5-7,16H,1-4,8-15H2,(H,23,26). The fourth-order valence-electron chi connectivity index (χ4n) is 4.01. The monoisotopic (exact) mass is 397 g/mol. The molecule has 4 nitrogen and oxygen atoms in total. The number of nitrogens with one attached hydrogen (secondary N) is 1. The summed E-state index contributed by atoms with van der Waals surface area (Å²) in [6, 6.07) is 5.24. The van der Waals surface area contributed by atoms with E-state index in [1.165, 1.54) is 58.2 Å². The number of nitrogens with zero attached hydrogens (tertiary/aromatic N) is 2. The van der Waals surface area contributed by atoms with E-state index in [0.717, 1.165) is 19.0 Å². The van der Waals surface area contributed by atoms with E-state index in [1.807, 2.05) is 0 Å². The Balaban J connectivity index is 1.41. The smallest absolute Gasteiger partial charge is 0.238 e. The highest BCUT2D eigenvalue weighted by Gasteiger charge is 2.23. The highest BCUT2D eigenvalue weighted by Crippen LogP contribution is 2.29. The SMILES string of the molecule is O=C(CN1CCC(CN2CCCCCC2)CC1)Nc1c(Cl)cccc1Cl. The van der Waals surface area contributed by atoms with Gasteiger partial charge in [0.2, 0.25) is 5.91 Å². The maximum atomic E-state index is 12.3. The third-order valence-electron chi connectivity index (χ3n) is 5.52. The predicted octanol–water partition coefficient (Wildman–Crippen LogP) is 4.52. The molecule has 2 fully saturated rings. The molecule has 0 atom stereocenters. The van der Waals surface area contributed by atoms with Gasteiger partial charge in [0.05, 0.1) is 22.3 Å². The van der Waals surface area contributed by atoms with Crippen molar-refractivity contribution in [2.24, 2.45) is 5.92 Å². The largest absolute Gasteiger partial charge is 0.322 e. The van der Waals surface area contributed by atoms with E-state index in [0.29, 0.717) is 22.3 Å². The number of halogens is 2. The van der Waals surface area contributed by atoms with Crippen LogP contribution in [0.2, 0.25) is 10.0 Å². The second-order valence-corrected chi connectivity index (χ2v) is 8.39. The van der Waals surface area contributed by atoms with Gasteiger partial charge >= 0.3 is 0 Å². The third-order valence-corrected chi connectivity index (χ3v) is 6.15. The fourth-order valence-corrected chi connectivity index (χ4v) is 4.50. The molecule has 0 aliphatic carbocycles. The van der Waals surface area contributed by atoms with Crippen LogP contribution in [0.25, 0.3) is 0 Å². The van der Waals surface area contributed by atoms with Crippen LogP contribution < -0.4 is 5.32 Å². The van der Waals surface area contributed by atoms with Crippen LogP contribution in [0.4, 0.5) is 5.69 Å². The van der Waals surface area contributed by atoms with E-state index in [2.05, 4.69) is 15.1 Å². The predicted molar refractivity (Wildman–Crippen MR) is 109 cm³/mol. The number of rotatable bonds is 5. The highest BCUT2D eigenvalue weighted by molar-refractivity contribution is 6.39. The molecule has 144 valence electrons. The lowest BCUT2D eigenvalue weighted by Crippen LogP contribution is -2.42. The van der Waals surface area contributed by atoms with Crippen molar-refractivity contribution in [3.8, 4) is 0 Å². The minimum absolute atomic E-state index is 0.0500. The molecule has 1 aromatic carbocycles. The number of benzene rings is 1. The van der Waals surface area contributed by atoms with Crippen LogP contribution in [-0.2, 0) is 4.79 Å². The summed E-state index contributed by atoms with van der Waals surface area (Å²) in [6.45, 7) is 6.14. The van der Waals surface area contributed by atoms with E-state index in [9.17, 15) is 4.79 Å². The fraction of sp³-hybridized carbons (Fsp3) is 0.650. The zero-order valence-electron chi connectivity index (χ0n) is 15.4. The molecule has 2 saturated heterocycles. The van der Waals surface area contributed by atoms with Crippen molar-refractivity contribution < 1.29 is 4.79 Å². The van der Waals surface area contributed by atoms with Crippen LogP contribution in [0, 0.1) is 5.92 Å². The van der Waals surface area contributed by atoms with Crippen LogP contribution in [0.1, 0.15) is 38.5 Å². The Morgan fingerprint density at radius 3 is 2.19 bits per heavy atom. The zero-order valence-corrected chi connectivity index (χ0v) is 16.9. The first-order valence-electron chi connectivity index (χ1n) is 9.80. The number of likely N-dealkylation sites (tertiary alicyclic amines) is 2. The summed E-state index contributed by atoms with van der Waals surface area (Å²) in [7, 11) is 0. The molecule has 0 aromatic heterocycles. The molecule has 0 spiro atoms. The van der Waals surface area contributed by atoms with E-state index in [4.69, 9.17) is 23.2 Å². The second-order valence-electron chi connectivity index (χ2n) is 7.58. The molecule has 2 aliphatic rings. The van der Waals surface area contributed by atoms with Crippen LogP contribution in [0.5, 0.6) is 0 Å². The molecule has 26 heavy (non-hydrogen) atoms. The first-order valence-corrected chi connectivity index (χ1v) is 10.6. The highest BCUT2D eigenvalue weighted by atomic mass is 35.5. The van der Waals surface area contributed by atoms with Crippen LogP contribution >= 0.6 is 23.2 Å². The van der Waals surface area contributed by atoms with Gasteiger partial charge in [0.1, 0.15) is 0 Å². The molecule has 2 heterocycles. The Hall–Kier alpha value is -0.810. The minimum atomic E-state index is -0.0500. The molecule has 1 aromatic rings. The van der Waals surface area contributed by atoms with E-state index in [-0.39, 0.29) is 5.91 Å². The van der Waals surface area contributed by atoms with E-state index >= 15 is 0 Å². The molecule has 1 amide bonds. The van der Waals surface area contributed by atoms with Crippen LogP contribution in [0.15, 0.2) is 18.2 Å². The Morgan fingerprint density at radius 1 is 0.962 bits per heavy atom. The summed E-state index contributed by atoms with van der Waals surface area (Å²) in [6.07, 6.45) is 7.83. The van der Waals surface area contributed by atoms with Crippen LogP contribution in [0.3, 0.4) is 0 Å².